The van der Waals surface area contributed by atoms with E-state index in [0.29, 0.717) is 12.5 Å². The molecule has 1 aromatic heterocycles. The molecular weight excluding hydrogens is 341 g/mol. The van der Waals surface area contributed by atoms with Gasteiger partial charge in [0.1, 0.15) is 11.9 Å². The molecule has 2 atom stereocenters. The van der Waals surface area contributed by atoms with Crippen molar-refractivity contribution in [3.8, 4) is 0 Å². The summed E-state index contributed by atoms with van der Waals surface area (Å²) in [4.78, 5) is 12.6. The molecule has 3 nitrogen and oxygen atoms in total. The maximum atomic E-state index is 14.0. The molecule has 4 heteroatoms. The first-order chi connectivity index (χ1) is 13.2. The maximum Gasteiger partial charge on any atom is 0.251 e. The molecule has 0 aliphatic heterocycles. The number of rotatable bonds is 7. The minimum atomic E-state index is -0.449. The largest absolute Gasteiger partial charge is 0.371 e. The Labute approximate surface area is 158 Å². The van der Waals surface area contributed by atoms with Gasteiger partial charge in [-0.3, -0.25) is 4.79 Å². The van der Waals surface area contributed by atoms with Crippen molar-refractivity contribution in [2.45, 2.75) is 25.0 Å². The zero-order valence-corrected chi connectivity index (χ0v) is 15.0. The lowest BCUT2D eigenvalue weighted by Crippen LogP contribution is -2.30. The Hall–Kier alpha value is -2.72. The minimum Gasteiger partial charge on any atom is -0.371 e. The smallest absolute Gasteiger partial charge is 0.251 e. The summed E-state index contributed by atoms with van der Waals surface area (Å²) in [6, 6.07) is 21.6. The van der Waals surface area contributed by atoms with Crippen LogP contribution < -0.4 is 5.56 Å². The third kappa shape index (κ3) is 4.17. The molecule has 0 saturated heterocycles. The van der Waals surface area contributed by atoms with Crippen LogP contribution >= 0.6 is 0 Å². The molecule has 0 bridgehead atoms. The topological polar surface area (TPSA) is 31.2 Å². The van der Waals surface area contributed by atoms with Crippen molar-refractivity contribution >= 4 is 0 Å². The summed E-state index contributed by atoms with van der Waals surface area (Å²) in [6.07, 6.45) is 3.25. The first kappa shape index (κ1) is 17.7. The fraction of sp³-hybridized carbons (Fsp3) is 0.261. The quantitative estimate of drug-likeness (QED) is 0.607. The minimum absolute atomic E-state index is 0.249. The first-order valence-electron chi connectivity index (χ1n) is 9.31. The number of aromatic nitrogens is 1. The molecule has 0 N–H and O–H groups in total. The Morgan fingerprint density at radius 3 is 2.19 bits per heavy atom. The van der Waals surface area contributed by atoms with Crippen molar-refractivity contribution in [3.05, 3.63) is 106 Å². The molecule has 138 valence electrons. The van der Waals surface area contributed by atoms with Gasteiger partial charge in [0.2, 0.25) is 0 Å². The fourth-order valence-corrected chi connectivity index (χ4v) is 3.36. The number of halogens is 1. The van der Waals surface area contributed by atoms with Gasteiger partial charge in [-0.05, 0) is 36.0 Å². The standard InChI is InChI=1S/C23H22FNO2/c24-20-13-14-21(26)25(15-20)22(18-7-3-1-4-8-18)23(27-16-17-11-12-17)19-9-5-2-6-10-19/h1-10,13-15,17,22-23H,11-12,16H2/t22-,23-/m0/s1. The van der Waals surface area contributed by atoms with Crippen molar-refractivity contribution in [3.63, 3.8) is 0 Å². The summed E-state index contributed by atoms with van der Waals surface area (Å²) in [5.41, 5.74) is 1.64. The normalized spacial score (nSPS) is 16.0. The van der Waals surface area contributed by atoms with Gasteiger partial charge in [0.15, 0.2) is 0 Å². The van der Waals surface area contributed by atoms with Crippen molar-refractivity contribution in [2.24, 2.45) is 5.92 Å². The van der Waals surface area contributed by atoms with E-state index in [9.17, 15) is 9.18 Å². The zero-order chi connectivity index (χ0) is 18.6. The highest BCUT2D eigenvalue weighted by molar-refractivity contribution is 5.28. The van der Waals surface area contributed by atoms with Crippen LogP contribution in [-0.2, 0) is 4.74 Å². The number of ether oxygens (including phenoxy) is 1. The molecular formula is C23H22FNO2. The van der Waals surface area contributed by atoms with Gasteiger partial charge < -0.3 is 9.30 Å². The average Bonchev–Trinajstić information content (AvgIpc) is 3.53. The van der Waals surface area contributed by atoms with Crippen LogP contribution in [0.25, 0.3) is 0 Å². The highest BCUT2D eigenvalue weighted by atomic mass is 19.1. The second-order valence-electron chi connectivity index (χ2n) is 7.06. The second-order valence-corrected chi connectivity index (χ2v) is 7.06. The van der Waals surface area contributed by atoms with E-state index < -0.39 is 11.9 Å². The second kappa shape index (κ2) is 7.89. The van der Waals surface area contributed by atoms with Gasteiger partial charge in [0, 0.05) is 12.3 Å². The van der Waals surface area contributed by atoms with Crippen LogP contribution in [0.1, 0.15) is 36.1 Å². The monoisotopic (exact) mass is 363 g/mol. The van der Waals surface area contributed by atoms with Crippen LogP contribution in [0, 0.1) is 11.7 Å². The molecule has 1 aliphatic carbocycles. The van der Waals surface area contributed by atoms with E-state index in [1.807, 2.05) is 60.7 Å². The maximum absolute atomic E-state index is 14.0. The van der Waals surface area contributed by atoms with E-state index in [0.717, 1.165) is 11.1 Å². The summed E-state index contributed by atoms with van der Waals surface area (Å²) < 4.78 is 21.8. The molecule has 1 saturated carbocycles. The van der Waals surface area contributed by atoms with Crippen molar-refractivity contribution < 1.29 is 9.13 Å². The van der Waals surface area contributed by atoms with Crippen LogP contribution in [0.15, 0.2) is 83.8 Å². The Kier molecular flexibility index (Phi) is 5.16. The van der Waals surface area contributed by atoms with Crippen molar-refractivity contribution in [2.75, 3.05) is 6.61 Å². The molecule has 3 aromatic rings. The van der Waals surface area contributed by atoms with Gasteiger partial charge in [0.05, 0.1) is 12.6 Å². The number of nitrogens with zero attached hydrogens (tertiary/aromatic N) is 1. The van der Waals surface area contributed by atoms with E-state index in [-0.39, 0.29) is 11.7 Å². The fourth-order valence-electron chi connectivity index (χ4n) is 3.36. The van der Waals surface area contributed by atoms with E-state index >= 15 is 0 Å². The number of hydrogen-bond acceptors (Lipinski definition) is 2. The van der Waals surface area contributed by atoms with E-state index in [1.54, 1.807) is 0 Å². The molecule has 0 spiro atoms. The van der Waals surface area contributed by atoms with Gasteiger partial charge in [-0.2, -0.15) is 0 Å². The van der Waals surface area contributed by atoms with Crippen molar-refractivity contribution in [1.82, 2.24) is 4.57 Å². The lowest BCUT2D eigenvalue weighted by atomic mass is 9.95. The van der Waals surface area contributed by atoms with Crippen LogP contribution in [0.5, 0.6) is 0 Å². The van der Waals surface area contributed by atoms with Gasteiger partial charge in [0.25, 0.3) is 5.56 Å². The predicted molar refractivity (Wildman–Crippen MR) is 103 cm³/mol. The molecule has 0 amide bonds. The van der Waals surface area contributed by atoms with Crippen LogP contribution in [0.4, 0.5) is 4.39 Å². The van der Waals surface area contributed by atoms with Crippen molar-refractivity contribution in [1.29, 1.82) is 0 Å². The lowest BCUT2D eigenvalue weighted by molar-refractivity contribution is 0.0181. The summed E-state index contributed by atoms with van der Waals surface area (Å²) >= 11 is 0. The van der Waals surface area contributed by atoms with Crippen LogP contribution in [0.3, 0.4) is 0 Å². The van der Waals surface area contributed by atoms with Crippen LogP contribution in [0.2, 0.25) is 0 Å². The average molecular weight is 363 g/mol. The Morgan fingerprint density at radius 2 is 1.56 bits per heavy atom. The van der Waals surface area contributed by atoms with E-state index in [4.69, 9.17) is 4.74 Å². The number of hydrogen-bond donors (Lipinski definition) is 0. The molecule has 0 unspecified atom stereocenters. The van der Waals surface area contributed by atoms with Crippen LogP contribution in [-0.4, -0.2) is 11.2 Å². The molecule has 0 radical (unpaired) electrons. The van der Waals surface area contributed by atoms with Gasteiger partial charge in [-0.15, -0.1) is 0 Å². The summed E-state index contributed by atoms with van der Waals surface area (Å²) in [5, 5.41) is 0. The van der Waals surface area contributed by atoms with Gasteiger partial charge >= 0.3 is 0 Å². The third-order valence-electron chi connectivity index (χ3n) is 4.97. The number of pyridine rings is 1. The summed E-state index contributed by atoms with van der Waals surface area (Å²) in [7, 11) is 0. The molecule has 2 aromatic carbocycles. The molecule has 1 heterocycles. The molecule has 1 aliphatic rings. The predicted octanol–water partition coefficient (Wildman–Crippen LogP) is 4.74. The number of benzene rings is 2. The van der Waals surface area contributed by atoms with E-state index in [1.165, 1.54) is 35.7 Å². The van der Waals surface area contributed by atoms with Gasteiger partial charge in [-0.25, -0.2) is 4.39 Å². The molecule has 4 rings (SSSR count). The highest BCUT2D eigenvalue weighted by Crippen LogP contribution is 2.38. The molecule has 1 fully saturated rings. The summed E-state index contributed by atoms with van der Waals surface area (Å²) in [6.45, 7) is 0.646. The Balaban J connectivity index is 1.83. The summed E-state index contributed by atoms with van der Waals surface area (Å²) in [5.74, 6) is 0.140. The molecule has 27 heavy (non-hydrogen) atoms. The third-order valence-corrected chi connectivity index (χ3v) is 4.97. The Morgan fingerprint density at radius 1 is 0.926 bits per heavy atom. The Bertz CT molecular complexity index is 935. The van der Waals surface area contributed by atoms with E-state index in [2.05, 4.69) is 0 Å². The zero-order valence-electron chi connectivity index (χ0n) is 15.0. The SMILES string of the molecule is O=c1ccc(F)cn1[C@@H](c1ccccc1)[C@@H](OCC1CC1)c1ccccc1. The van der Waals surface area contributed by atoms with Gasteiger partial charge in [-0.1, -0.05) is 60.7 Å². The highest BCUT2D eigenvalue weighted by Gasteiger charge is 2.31. The first-order valence-corrected chi connectivity index (χ1v) is 9.31. The lowest BCUT2D eigenvalue weighted by Gasteiger charge is -2.30.